The summed E-state index contributed by atoms with van der Waals surface area (Å²) in [5, 5.41) is 0. The average molecular weight is 283 g/mol. The summed E-state index contributed by atoms with van der Waals surface area (Å²) in [5.74, 6) is 1.26. The van der Waals surface area contributed by atoms with Gasteiger partial charge in [-0.15, -0.1) is 0 Å². The van der Waals surface area contributed by atoms with Crippen molar-refractivity contribution in [1.29, 1.82) is 0 Å². The minimum atomic E-state index is -4.41. The predicted molar refractivity (Wildman–Crippen MR) is 70.4 cm³/mol. The Hall–Kier alpha value is -0.860. The Balaban J connectivity index is 0. The molecule has 0 radical (unpaired) electrons. The van der Waals surface area contributed by atoms with E-state index in [0.29, 0.717) is 0 Å². The molecular weight excluding hydrogens is 258 g/mol. The van der Waals surface area contributed by atoms with E-state index in [4.69, 9.17) is 0 Å². The normalized spacial score (nSPS) is 10.2. The first kappa shape index (κ1) is 19.5. The van der Waals surface area contributed by atoms with Crippen LogP contribution in [0.2, 0.25) is 0 Å². The molecule has 0 saturated heterocycles. The Morgan fingerprint density at radius 2 is 1.39 bits per heavy atom. The van der Waals surface area contributed by atoms with E-state index < -0.39 is 10.4 Å². The van der Waals surface area contributed by atoms with Crippen molar-refractivity contribution < 1.29 is 21.7 Å². The van der Waals surface area contributed by atoms with Crippen LogP contribution in [0.1, 0.15) is 13.8 Å². The lowest BCUT2D eigenvalue weighted by Crippen LogP contribution is -2.43. The van der Waals surface area contributed by atoms with Crippen LogP contribution in [0.15, 0.2) is 0 Å². The largest absolute Gasteiger partial charge is 0.726 e. The molecule has 0 aromatic rings. The molecule has 0 bridgehead atoms. The SMILES string of the molecule is CC[N+](CC)=C(N(C)C)N(C)C.COS(=O)(=O)[O-]. The minimum absolute atomic E-state index is 0.808. The molecule has 0 unspecified atom stereocenters. The standard InChI is InChI=1S/C9H22N3.CH4O4S/c1-7-12(8-2)9(10(3)4)11(5)6;1-5-6(2,3)4/h7-8H2,1-6H3;1H3,(H,2,3,4)/q+1;/p-1. The van der Waals surface area contributed by atoms with Crippen LogP contribution in [0.3, 0.4) is 0 Å². The first-order chi connectivity index (χ1) is 8.10. The lowest BCUT2D eigenvalue weighted by molar-refractivity contribution is -0.530. The third-order valence-electron chi connectivity index (χ3n) is 2.05. The molecule has 0 fully saturated rings. The van der Waals surface area contributed by atoms with Crippen molar-refractivity contribution in [3.63, 3.8) is 0 Å². The Kier molecular flexibility index (Phi) is 9.87. The van der Waals surface area contributed by atoms with Crippen molar-refractivity contribution >= 4 is 16.4 Å². The summed E-state index contributed by atoms with van der Waals surface area (Å²) in [7, 11) is 4.70. The van der Waals surface area contributed by atoms with Gasteiger partial charge in [-0.25, -0.2) is 8.42 Å². The summed E-state index contributed by atoms with van der Waals surface area (Å²) in [4.78, 5) is 4.29. The van der Waals surface area contributed by atoms with Crippen LogP contribution in [0.25, 0.3) is 0 Å². The summed E-state index contributed by atoms with van der Waals surface area (Å²) in [6.45, 7) is 6.47. The molecule has 0 aliphatic carbocycles. The van der Waals surface area contributed by atoms with Crippen LogP contribution in [0, 0.1) is 0 Å². The maximum absolute atomic E-state index is 9.22. The highest BCUT2D eigenvalue weighted by Gasteiger charge is 2.15. The summed E-state index contributed by atoms with van der Waals surface area (Å²) >= 11 is 0. The van der Waals surface area contributed by atoms with Crippen LogP contribution in [-0.2, 0) is 14.6 Å². The summed E-state index contributed by atoms with van der Waals surface area (Å²) in [6.07, 6.45) is 0. The van der Waals surface area contributed by atoms with E-state index in [1.165, 1.54) is 5.96 Å². The van der Waals surface area contributed by atoms with E-state index >= 15 is 0 Å². The molecule has 18 heavy (non-hydrogen) atoms. The highest BCUT2D eigenvalue weighted by atomic mass is 32.3. The molecular formula is C10H25N3O4S. The molecule has 0 rings (SSSR count). The van der Waals surface area contributed by atoms with Crippen molar-refractivity contribution in [2.45, 2.75) is 13.8 Å². The van der Waals surface area contributed by atoms with Gasteiger partial charge in [0.2, 0.25) is 10.4 Å². The van der Waals surface area contributed by atoms with Gasteiger partial charge in [-0.1, -0.05) is 0 Å². The van der Waals surface area contributed by atoms with Crippen molar-refractivity contribution in [3.8, 4) is 0 Å². The summed E-state index contributed by atoms with van der Waals surface area (Å²) in [6, 6.07) is 0. The number of guanidine groups is 1. The fourth-order valence-electron chi connectivity index (χ4n) is 1.47. The third-order valence-corrected chi connectivity index (χ3v) is 2.46. The molecule has 8 heteroatoms. The lowest BCUT2D eigenvalue weighted by atomic mass is 10.5. The fourth-order valence-corrected chi connectivity index (χ4v) is 1.47. The van der Waals surface area contributed by atoms with Gasteiger partial charge in [0.15, 0.2) is 0 Å². The molecule has 7 nitrogen and oxygen atoms in total. The predicted octanol–water partition coefficient (Wildman–Crippen LogP) is -0.389. The minimum Gasteiger partial charge on any atom is -0.726 e. The molecule has 0 aromatic heterocycles. The molecule has 0 saturated carbocycles. The first-order valence-electron chi connectivity index (χ1n) is 5.58. The van der Waals surface area contributed by atoms with Crippen LogP contribution < -0.4 is 0 Å². The van der Waals surface area contributed by atoms with Gasteiger partial charge in [0.1, 0.15) is 0 Å². The quantitative estimate of drug-likeness (QED) is 0.231. The van der Waals surface area contributed by atoms with Crippen LogP contribution in [0.4, 0.5) is 0 Å². The van der Waals surface area contributed by atoms with E-state index in [9.17, 15) is 13.0 Å². The Labute approximate surface area is 111 Å². The molecule has 0 aromatic carbocycles. The van der Waals surface area contributed by atoms with Gasteiger partial charge in [0, 0.05) is 0 Å². The number of hydrogen-bond acceptors (Lipinski definition) is 4. The van der Waals surface area contributed by atoms with Crippen molar-refractivity contribution in [3.05, 3.63) is 0 Å². The molecule has 0 aliphatic rings. The van der Waals surface area contributed by atoms with Crippen LogP contribution in [0.5, 0.6) is 0 Å². The van der Waals surface area contributed by atoms with Crippen molar-refractivity contribution in [2.24, 2.45) is 0 Å². The highest BCUT2D eigenvalue weighted by molar-refractivity contribution is 7.80. The molecule has 0 spiro atoms. The molecule has 0 atom stereocenters. The van der Waals surface area contributed by atoms with E-state index in [1.807, 2.05) is 0 Å². The van der Waals surface area contributed by atoms with Crippen molar-refractivity contribution in [2.75, 3.05) is 48.4 Å². The fraction of sp³-hybridized carbons (Fsp3) is 0.900. The van der Waals surface area contributed by atoms with Crippen LogP contribution in [-0.4, -0.2) is 81.7 Å². The molecule has 0 aliphatic heterocycles. The van der Waals surface area contributed by atoms with Gasteiger partial charge in [0.25, 0.3) is 0 Å². The summed E-state index contributed by atoms with van der Waals surface area (Å²) in [5.41, 5.74) is 0. The second-order valence-electron chi connectivity index (χ2n) is 3.84. The topological polar surface area (TPSA) is 75.9 Å². The van der Waals surface area contributed by atoms with Crippen molar-refractivity contribution in [1.82, 2.24) is 9.80 Å². The number of rotatable bonds is 3. The maximum Gasteiger partial charge on any atom is 0.349 e. The zero-order chi connectivity index (χ0) is 14.9. The van der Waals surface area contributed by atoms with Gasteiger partial charge in [-0.3, -0.25) is 18.6 Å². The van der Waals surface area contributed by atoms with E-state index in [-0.39, 0.29) is 0 Å². The van der Waals surface area contributed by atoms with Gasteiger partial charge >= 0.3 is 5.96 Å². The zero-order valence-corrected chi connectivity index (χ0v) is 13.1. The maximum atomic E-state index is 9.22. The summed E-state index contributed by atoms with van der Waals surface area (Å²) < 4.78 is 33.4. The first-order valence-corrected chi connectivity index (χ1v) is 6.91. The monoisotopic (exact) mass is 283 g/mol. The second-order valence-corrected chi connectivity index (χ2v) is 4.99. The van der Waals surface area contributed by atoms with E-state index in [0.717, 1.165) is 20.2 Å². The smallest absolute Gasteiger partial charge is 0.349 e. The van der Waals surface area contributed by atoms with E-state index in [1.54, 1.807) is 0 Å². The molecule has 0 N–H and O–H groups in total. The van der Waals surface area contributed by atoms with Gasteiger partial charge in [-0.05, 0) is 13.8 Å². The zero-order valence-electron chi connectivity index (χ0n) is 12.3. The Morgan fingerprint density at radius 3 is 1.44 bits per heavy atom. The molecule has 0 amide bonds. The van der Waals surface area contributed by atoms with Gasteiger partial charge in [-0.2, -0.15) is 0 Å². The van der Waals surface area contributed by atoms with Crippen LogP contribution >= 0.6 is 0 Å². The van der Waals surface area contributed by atoms with E-state index in [2.05, 4.69) is 60.6 Å². The Morgan fingerprint density at radius 1 is 1.11 bits per heavy atom. The van der Waals surface area contributed by atoms with Gasteiger partial charge < -0.3 is 4.55 Å². The Bertz CT molecular complexity index is 334. The highest BCUT2D eigenvalue weighted by Crippen LogP contribution is 1.89. The number of hydrogen-bond donors (Lipinski definition) is 0. The number of nitrogens with zero attached hydrogens (tertiary/aromatic N) is 3. The van der Waals surface area contributed by atoms with Gasteiger partial charge in [0.05, 0.1) is 48.4 Å². The molecule has 0 heterocycles. The lowest BCUT2D eigenvalue weighted by Gasteiger charge is -2.19. The third kappa shape index (κ3) is 9.20. The average Bonchev–Trinajstić information content (AvgIpc) is 2.24. The molecule has 110 valence electrons. The second kappa shape index (κ2) is 9.12.